The summed E-state index contributed by atoms with van der Waals surface area (Å²) in [4.78, 5) is 5.13. The third-order valence-corrected chi connectivity index (χ3v) is 4.42. The van der Waals surface area contributed by atoms with Gasteiger partial charge >= 0.3 is 0 Å². The van der Waals surface area contributed by atoms with Crippen LogP contribution >= 0.6 is 0 Å². The summed E-state index contributed by atoms with van der Waals surface area (Å²) >= 11 is 0. The van der Waals surface area contributed by atoms with Crippen LogP contribution in [-0.2, 0) is 6.54 Å². The summed E-state index contributed by atoms with van der Waals surface area (Å²) in [6.07, 6.45) is 2.30. The molecule has 1 saturated heterocycles. The van der Waals surface area contributed by atoms with Gasteiger partial charge in [-0.05, 0) is 44.9 Å². The Morgan fingerprint density at radius 3 is 2.18 bits per heavy atom. The van der Waals surface area contributed by atoms with E-state index in [-0.39, 0.29) is 0 Å². The second kappa shape index (κ2) is 7.98. The second-order valence-electron chi connectivity index (χ2n) is 7.28. The van der Waals surface area contributed by atoms with Crippen LogP contribution in [0.15, 0.2) is 24.3 Å². The van der Waals surface area contributed by atoms with Gasteiger partial charge in [-0.1, -0.05) is 25.5 Å². The molecule has 2 rings (SSSR count). The van der Waals surface area contributed by atoms with Gasteiger partial charge in [0.25, 0.3) is 0 Å². The van der Waals surface area contributed by atoms with Crippen molar-refractivity contribution in [1.82, 2.24) is 9.80 Å². The van der Waals surface area contributed by atoms with Crippen molar-refractivity contribution in [3.8, 4) is 5.75 Å². The zero-order valence-electron chi connectivity index (χ0n) is 14.8. The molecule has 1 aliphatic heterocycles. The van der Waals surface area contributed by atoms with Crippen molar-refractivity contribution in [3.63, 3.8) is 0 Å². The van der Waals surface area contributed by atoms with Crippen LogP contribution in [0, 0.1) is 0 Å². The third-order valence-electron chi connectivity index (χ3n) is 4.42. The minimum atomic E-state index is 0.295. The Bertz CT molecular complexity index is 428. The number of piperazine rings is 1. The maximum atomic E-state index is 5.72. The molecule has 1 heterocycles. The molecule has 0 saturated carbocycles. The predicted molar refractivity (Wildman–Crippen MR) is 93.4 cm³/mol. The van der Waals surface area contributed by atoms with Gasteiger partial charge in [0.1, 0.15) is 5.75 Å². The van der Waals surface area contributed by atoms with Gasteiger partial charge < -0.3 is 4.74 Å². The molecule has 0 amide bonds. The molecule has 0 bridgehead atoms. The lowest BCUT2D eigenvalue weighted by Gasteiger charge is -2.42. The first-order valence-corrected chi connectivity index (χ1v) is 8.68. The highest BCUT2D eigenvalue weighted by Crippen LogP contribution is 2.18. The average molecular weight is 304 g/mol. The van der Waals surface area contributed by atoms with Crippen LogP contribution in [0.4, 0.5) is 0 Å². The van der Waals surface area contributed by atoms with E-state index < -0.39 is 0 Å². The van der Waals surface area contributed by atoms with Crippen LogP contribution < -0.4 is 4.74 Å². The number of hydrogen-bond donors (Lipinski definition) is 0. The second-order valence-corrected chi connectivity index (χ2v) is 7.28. The fourth-order valence-electron chi connectivity index (χ4n) is 2.86. The van der Waals surface area contributed by atoms with Gasteiger partial charge in [-0.25, -0.2) is 0 Å². The molecule has 3 nitrogen and oxygen atoms in total. The Morgan fingerprint density at radius 1 is 1.00 bits per heavy atom. The molecule has 22 heavy (non-hydrogen) atoms. The highest BCUT2D eigenvalue weighted by molar-refractivity contribution is 5.27. The Labute approximate surface area is 136 Å². The monoisotopic (exact) mass is 304 g/mol. The van der Waals surface area contributed by atoms with Crippen molar-refractivity contribution >= 4 is 0 Å². The van der Waals surface area contributed by atoms with E-state index in [1.54, 1.807) is 0 Å². The van der Waals surface area contributed by atoms with Crippen LogP contribution in [0.3, 0.4) is 0 Å². The number of hydrogen-bond acceptors (Lipinski definition) is 3. The van der Waals surface area contributed by atoms with Crippen LogP contribution in [0.5, 0.6) is 5.75 Å². The normalized spacial score (nSPS) is 17.6. The smallest absolute Gasteiger partial charge is 0.119 e. The molecule has 1 aliphatic rings. The molecule has 0 N–H and O–H groups in total. The quantitative estimate of drug-likeness (QED) is 0.744. The molecular weight excluding hydrogens is 272 g/mol. The molecule has 124 valence electrons. The lowest BCUT2D eigenvalue weighted by atomic mass is 10.0. The van der Waals surface area contributed by atoms with E-state index >= 15 is 0 Å². The van der Waals surface area contributed by atoms with E-state index in [4.69, 9.17) is 4.74 Å². The van der Waals surface area contributed by atoms with Crippen molar-refractivity contribution < 1.29 is 4.74 Å². The first-order valence-electron chi connectivity index (χ1n) is 8.68. The van der Waals surface area contributed by atoms with Gasteiger partial charge in [-0.3, -0.25) is 9.80 Å². The van der Waals surface area contributed by atoms with Gasteiger partial charge in [-0.15, -0.1) is 0 Å². The molecule has 0 unspecified atom stereocenters. The van der Waals surface area contributed by atoms with Crippen molar-refractivity contribution in [3.05, 3.63) is 29.8 Å². The Hall–Kier alpha value is -1.06. The molecule has 1 aromatic rings. The van der Waals surface area contributed by atoms with Crippen LogP contribution in [-0.4, -0.2) is 48.1 Å². The minimum absolute atomic E-state index is 0.295. The van der Waals surface area contributed by atoms with Crippen molar-refractivity contribution in [2.24, 2.45) is 0 Å². The summed E-state index contributed by atoms with van der Waals surface area (Å²) in [5.41, 5.74) is 1.68. The summed E-state index contributed by atoms with van der Waals surface area (Å²) in [6.45, 7) is 15.6. The molecule has 1 aromatic carbocycles. The minimum Gasteiger partial charge on any atom is -0.494 e. The SMILES string of the molecule is CCCCOc1ccc(CN2CCN(C(C)(C)C)CC2)cc1. The highest BCUT2D eigenvalue weighted by atomic mass is 16.5. The number of nitrogens with zero attached hydrogens (tertiary/aromatic N) is 2. The Balaban J connectivity index is 1.77. The van der Waals surface area contributed by atoms with E-state index in [9.17, 15) is 0 Å². The predicted octanol–water partition coefficient (Wildman–Crippen LogP) is 3.78. The number of unbranched alkanes of at least 4 members (excludes halogenated alkanes) is 1. The highest BCUT2D eigenvalue weighted by Gasteiger charge is 2.25. The Morgan fingerprint density at radius 2 is 1.64 bits per heavy atom. The maximum absolute atomic E-state index is 5.72. The van der Waals surface area contributed by atoms with Crippen molar-refractivity contribution in [1.29, 1.82) is 0 Å². The number of benzene rings is 1. The van der Waals surface area contributed by atoms with Gasteiger partial charge in [-0.2, -0.15) is 0 Å². The summed E-state index contributed by atoms with van der Waals surface area (Å²) in [5.74, 6) is 0.995. The number of ether oxygens (including phenoxy) is 1. The lowest BCUT2D eigenvalue weighted by Crippen LogP contribution is -2.53. The van der Waals surface area contributed by atoms with Crippen molar-refractivity contribution in [2.75, 3.05) is 32.8 Å². The molecule has 0 aliphatic carbocycles. The van der Waals surface area contributed by atoms with Gasteiger partial charge in [0, 0.05) is 38.3 Å². The van der Waals surface area contributed by atoms with Gasteiger partial charge in [0.15, 0.2) is 0 Å². The van der Waals surface area contributed by atoms with E-state index in [1.165, 1.54) is 25.1 Å². The molecule has 0 spiro atoms. The van der Waals surface area contributed by atoms with E-state index in [0.717, 1.165) is 38.4 Å². The van der Waals surface area contributed by atoms with Crippen molar-refractivity contribution in [2.45, 2.75) is 52.6 Å². The van der Waals surface area contributed by atoms with Crippen LogP contribution in [0.2, 0.25) is 0 Å². The lowest BCUT2D eigenvalue weighted by molar-refractivity contribution is 0.0591. The summed E-state index contributed by atoms with van der Waals surface area (Å²) in [5, 5.41) is 0. The Kier molecular flexibility index (Phi) is 6.27. The van der Waals surface area contributed by atoms with E-state index in [0.29, 0.717) is 5.54 Å². The van der Waals surface area contributed by atoms with Crippen LogP contribution in [0.1, 0.15) is 46.1 Å². The fourth-order valence-corrected chi connectivity index (χ4v) is 2.86. The first kappa shape index (κ1) is 17.3. The molecule has 1 fully saturated rings. The summed E-state index contributed by atoms with van der Waals surface area (Å²) in [7, 11) is 0. The summed E-state index contributed by atoms with van der Waals surface area (Å²) < 4.78 is 5.72. The third kappa shape index (κ3) is 5.29. The number of rotatable bonds is 6. The summed E-state index contributed by atoms with van der Waals surface area (Å²) in [6, 6.07) is 8.63. The van der Waals surface area contributed by atoms with Crippen LogP contribution in [0.25, 0.3) is 0 Å². The van der Waals surface area contributed by atoms with Gasteiger partial charge in [0.05, 0.1) is 6.61 Å². The zero-order chi connectivity index (χ0) is 16.0. The maximum Gasteiger partial charge on any atom is 0.119 e. The standard InChI is InChI=1S/C19H32N2O/c1-5-6-15-22-18-9-7-17(8-10-18)16-20-11-13-21(14-12-20)19(2,3)4/h7-10H,5-6,11-16H2,1-4H3. The largest absolute Gasteiger partial charge is 0.494 e. The molecule has 0 aromatic heterocycles. The van der Waals surface area contributed by atoms with E-state index in [2.05, 4.69) is 61.8 Å². The zero-order valence-corrected chi connectivity index (χ0v) is 14.8. The molecular formula is C19H32N2O. The molecule has 0 atom stereocenters. The fraction of sp³-hybridized carbons (Fsp3) is 0.684. The molecule has 3 heteroatoms. The first-order chi connectivity index (χ1) is 10.5. The van der Waals surface area contributed by atoms with E-state index in [1.807, 2.05) is 0 Å². The average Bonchev–Trinajstić information content (AvgIpc) is 2.49. The topological polar surface area (TPSA) is 15.7 Å². The van der Waals surface area contributed by atoms with Gasteiger partial charge in [0.2, 0.25) is 0 Å². The molecule has 0 radical (unpaired) electrons.